The summed E-state index contributed by atoms with van der Waals surface area (Å²) in [5.41, 5.74) is 0.383. The molecule has 2 rings (SSSR count). The van der Waals surface area contributed by atoms with Crippen LogP contribution in [0.15, 0.2) is 18.3 Å². The van der Waals surface area contributed by atoms with Crippen LogP contribution in [0.25, 0.3) is 0 Å². The second-order valence-electron chi connectivity index (χ2n) is 9.19. The molecule has 2 atom stereocenters. The maximum Gasteiger partial charge on any atom is 0.318 e. The zero-order valence-electron chi connectivity index (χ0n) is 18.5. The van der Waals surface area contributed by atoms with E-state index in [-0.39, 0.29) is 23.6 Å². The molecule has 0 radical (unpaired) electrons. The predicted molar refractivity (Wildman–Crippen MR) is 112 cm³/mol. The minimum absolute atomic E-state index is 0.0422. The molecule has 0 bridgehead atoms. The number of methoxy groups -OCH3 is 1. The Bertz CT molecular complexity index is 637. The molecule has 2 heterocycles. The molecule has 2 unspecified atom stereocenters. The van der Waals surface area contributed by atoms with Crippen LogP contribution in [-0.2, 0) is 4.74 Å². The molecule has 1 aromatic heterocycles. The third-order valence-electron chi connectivity index (χ3n) is 5.41. The molecule has 158 valence electrons. The number of nitrogens with zero attached hydrogens (tertiary/aromatic N) is 2. The summed E-state index contributed by atoms with van der Waals surface area (Å²) in [6.45, 7) is 14.0. The van der Waals surface area contributed by atoms with Gasteiger partial charge in [-0.3, -0.25) is 0 Å². The first-order chi connectivity index (χ1) is 13.1. The SMILES string of the molecule is CCCCCNC(=O)N1C(c2ccc(OC)nc2)COC(C(C)(C)C)C1(C)C. The van der Waals surface area contributed by atoms with Crippen LogP contribution in [0.5, 0.6) is 5.88 Å². The Labute approximate surface area is 170 Å². The standard InChI is InChI=1S/C22H37N3O3/c1-8-9-10-13-23-20(26)25-17(16-11-12-18(27-7)24-14-16)15-28-19(21(2,3)4)22(25,5)6/h11-12,14,17,19H,8-10,13,15H2,1-7H3,(H,23,26). The summed E-state index contributed by atoms with van der Waals surface area (Å²) in [5, 5.41) is 3.12. The van der Waals surface area contributed by atoms with Crippen molar-refractivity contribution >= 4 is 6.03 Å². The molecule has 0 aliphatic carbocycles. The van der Waals surface area contributed by atoms with Gasteiger partial charge in [0.25, 0.3) is 0 Å². The minimum atomic E-state index is -0.476. The summed E-state index contributed by atoms with van der Waals surface area (Å²) < 4.78 is 11.5. The van der Waals surface area contributed by atoms with E-state index in [0.29, 0.717) is 19.0 Å². The van der Waals surface area contributed by atoms with Crippen molar-refractivity contribution in [3.8, 4) is 5.88 Å². The van der Waals surface area contributed by atoms with E-state index in [1.54, 1.807) is 13.3 Å². The molecule has 1 aromatic rings. The number of hydrogen-bond donors (Lipinski definition) is 1. The second kappa shape index (κ2) is 9.12. The van der Waals surface area contributed by atoms with Crippen LogP contribution >= 0.6 is 0 Å². The van der Waals surface area contributed by atoms with Crippen molar-refractivity contribution < 1.29 is 14.3 Å². The van der Waals surface area contributed by atoms with Gasteiger partial charge in [0.05, 0.1) is 31.4 Å². The maximum atomic E-state index is 13.3. The summed E-state index contributed by atoms with van der Waals surface area (Å²) in [5.74, 6) is 0.558. The van der Waals surface area contributed by atoms with Gasteiger partial charge in [-0.2, -0.15) is 0 Å². The largest absolute Gasteiger partial charge is 0.481 e. The predicted octanol–water partition coefficient (Wildman–Crippen LogP) is 4.56. The molecular weight excluding hydrogens is 354 g/mol. The number of ether oxygens (including phenoxy) is 2. The quantitative estimate of drug-likeness (QED) is 0.722. The maximum absolute atomic E-state index is 13.3. The topological polar surface area (TPSA) is 63.7 Å². The van der Waals surface area contributed by atoms with Gasteiger partial charge in [0.15, 0.2) is 0 Å². The molecule has 0 saturated carbocycles. The fraction of sp³-hybridized carbons (Fsp3) is 0.727. The number of carbonyl (C=O) groups is 1. The van der Waals surface area contributed by atoms with Crippen LogP contribution in [0.3, 0.4) is 0 Å². The van der Waals surface area contributed by atoms with Gasteiger partial charge in [0.2, 0.25) is 5.88 Å². The van der Waals surface area contributed by atoms with Crippen molar-refractivity contribution in [1.29, 1.82) is 0 Å². The van der Waals surface area contributed by atoms with E-state index in [2.05, 4.69) is 51.8 Å². The summed E-state index contributed by atoms with van der Waals surface area (Å²) in [4.78, 5) is 19.6. The number of unbranched alkanes of at least 4 members (excludes halogenated alkanes) is 2. The molecule has 1 saturated heterocycles. The van der Waals surface area contributed by atoms with Crippen molar-refractivity contribution in [2.24, 2.45) is 5.41 Å². The molecule has 0 spiro atoms. The monoisotopic (exact) mass is 391 g/mol. The van der Waals surface area contributed by atoms with Gasteiger partial charge >= 0.3 is 6.03 Å². The van der Waals surface area contributed by atoms with Crippen molar-refractivity contribution in [2.45, 2.75) is 78.5 Å². The first-order valence-corrected chi connectivity index (χ1v) is 10.3. The summed E-state index contributed by atoms with van der Waals surface area (Å²) in [6.07, 6.45) is 4.93. The fourth-order valence-corrected chi connectivity index (χ4v) is 4.32. The summed E-state index contributed by atoms with van der Waals surface area (Å²) >= 11 is 0. The Hall–Kier alpha value is -1.82. The van der Waals surface area contributed by atoms with E-state index in [4.69, 9.17) is 9.47 Å². The Kier molecular flexibility index (Phi) is 7.32. The minimum Gasteiger partial charge on any atom is -0.481 e. The Balaban J connectivity index is 2.32. The van der Waals surface area contributed by atoms with Crippen LogP contribution in [-0.4, -0.2) is 47.8 Å². The van der Waals surface area contributed by atoms with E-state index < -0.39 is 5.54 Å². The van der Waals surface area contributed by atoms with Crippen LogP contribution in [0.1, 0.15) is 72.4 Å². The van der Waals surface area contributed by atoms with E-state index in [0.717, 1.165) is 24.8 Å². The smallest absolute Gasteiger partial charge is 0.318 e. The van der Waals surface area contributed by atoms with Gasteiger partial charge in [-0.1, -0.05) is 40.5 Å². The molecule has 1 fully saturated rings. The highest BCUT2D eigenvalue weighted by Crippen LogP contribution is 2.43. The lowest BCUT2D eigenvalue weighted by atomic mass is 9.75. The average Bonchev–Trinajstić information content (AvgIpc) is 2.63. The van der Waals surface area contributed by atoms with Gasteiger partial charge in [0.1, 0.15) is 0 Å². The third-order valence-corrected chi connectivity index (χ3v) is 5.41. The number of urea groups is 1. The van der Waals surface area contributed by atoms with E-state index in [1.807, 2.05) is 17.0 Å². The lowest BCUT2D eigenvalue weighted by Crippen LogP contribution is -2.66. The molecule has 1 aliphatic heterocycles. The highest BCUT2D eigenvalue weighted by molar-refractivity contribution is 5.76. The first kappa shape index (κ1) is 22.5. The summed E-state index contributed by atoms with van der Waals surface area (Å²) in [7, 11) is 1.60. The molecule has 2 amide bonds. The molecular formula is C22H37N3O3. The zero-order valence-corrected chi connectivity index (χ0v) is 18.5. The molecule has 28 heavy (non-hydrogen) atoms. The number of amides is 2. The van der Waals surface area contributed by atoms with E-state index in [9.17, 15) is 4.79 Å². The lowest BCUT2D eigenvalue weighted by Gasteiger charge is -2.55. The second-order valence-corrected chi connectivity index (χ2v) is 9.19. The van der Waals surface area contributed by atoms with Crippen molar-refractivity contribution in [1.82, 2.24) is 15.2 Å². The number of nitrogens with one attached hydrogen (secondary N) is 1. The molecule has 1 aliphatic rings. The van der Waals surface area contributed by atoms with Crippen LogP contribution in [0, 0.1) is 5.41 Å². The number of carbonyl (C=O) groups excluding carboxylic acids is 1. The number of rotatable bonds is 6. The van der Waals surface area contributed by atoms with Gasteiger partial charge in [-0.05, 0) is 37.3 Å². The molecule has 6 nitrogen and oxygen atoms in total. The fourth-order valence-electron chi connectivity index (χ4n) is 4.32. The Morgan fingerprint density at radius 1 is 1.36 bits per heavy atom. The zero-order chi connectivity index (χ0) is 20.9. The van der Waals surface area contributed by atoms with E-state index >= 15 is 0 Å². The lowest BCUT2D eigenvalue weighted by molar-refractivity contribution is -0.162. The Morgan fingerprint density at radius 3 is 2.61 bits per heavy atom. The van der Waals surface area contributed by atoms with E-state index in [1.165, 1.54) is 0 Å². The summed E-state index contributed by atoms with van der Waals surface area (Å²) in [6, 6.07) is 3.55. The van der Waals surface area contributed by atoms with Crippen LogP contribution in [0.4, 0.5) is 4.79 Å². The van der Waals surface area contributed by atoms with Crippen molar-refractivity contribution in [3.05, 3.63) is 23.9 Å². The molecule has 1 N–H and O–H groups in total. The van der Waals surface area contributed by atoms with Gasteiger partial charge in [0, 0.05) is 18.8 Å². The number of pyridine rings is 1. The van der Waals surface area contributed by atoms with Gasteiger partial charge in [-0.15, -0.1) is 0 Å². The number of aromatic nitrogens is 1. The first-order valence-electron chi connectivity index (χ1n) is 10.3. The number of hydrogen-bond acceptors (Lipinski definition) is 4. The highest BCUT2D eigenvalue weighted by Gasteiger charge is 2.51. The van der Waals surface area contributed by atoms with Gasteiger partial charge in [-0.25, -0.2) is 9.78 Å². The van der Waals surface area contributed by atoms with Crippen LogP contribution in [0.2, 0.25) is 0 Å². The van der Waals surface area contributed by atoms with Gasteiger partial charge < -0.3 is 19.7 Å². The molecule has 0 aromatic carbocycles. The van der Waals surface area contributed by atoms with Crippen molar-refractivity contribution in [3.63, 3.8) is 0 Å². The normalized spacial score (nSPS) is 22.0. The Morgan fingerprint density at radius 2 is 2.07 bits per heavy atom. The average molecular weight is 392 g/mol. The highest BCUT2D eigenvalue weighted by atomic mass is 16.5. The van der Waals surface area contributed by atoms with Crippen LogP contribution < -0.4 is 10.1 Å². The van der Waals surface area contributed by atoms with Crippen molar-refractivity contribution in [2.75, 3.05) is 20.3 Å². The third kappa shape index (κ3) is 4.96. The number of morpholine rings is 1. The molecule has 6 heteroatoms.